The number of aromatic amines is 1. The van der Waals surface area contributed by atoms with Crippen LogP contribution >= 0.6 is 0 Å². The molecular formula is C27H25F2N3O4S. The van der Waals surface area contributed by atoms with Crippen LogP contribution in [0, 0.1) is 18.6 Å². The van der Waals surface area contributed by atoms with E-state index in [9.17, 15) is 26.8 Å². The average Bonchev–Trinajstić information content (AvgIpc) is 3.66. The zero-order valence-electron chi connectivity index (χ0n) is 20.3. The van der Waals surface area contributed by atoms with E-state index in [1.165, 1.54) is 4.57 Å². The van der Waals surface area contributed by atoms with Gasteiger partial charge in [0.15, 0.2) is 0 Å². The van der Waals surface area contributed by atoms with E-state index in [2.05, 4.69) is 9.71 Å². The largest absolute Gasteiger partial charge is 0.331 e. The van der Waals surface area contributed by atoms with Gasteiger partial charge in [0.05, 0.1) is 11.8 Å². The van der Waals surface area contributed by atoms with Crippen molar-refractivity contribution >= 4 is 26.8 Å². The standard InChI is InChI=1S/C27H25F2N3O4S/c1-3-16-5-11-23-21(12-16)24(20-9-4-15(2)30-26(20)33)25(27(34)31-37(35,36)19-7-8-19)32(23)14-17-13-18(28)6-10-22(17)29/h4-6,9-13,19H,3,7-8,14H2,1-2H3,(H,30,33)(H,31,34). The Bertz CT molecular complexity index is 1720. The van der Waals surface area contributed by atoms with E-state index in [0.29, 0.717) is 35.9 Å². The quantitative estimate of drug-likeness (QED) is 0.373. The normalized spacial score (nSPS) is 13.7. The molecule has 1 saturated carbocycles. The molecule has 1 aliphatic carbocycles. The lowest BCUT2D eigenvalue weighted by Gasteiger charge is -2.14. The molecule has 2 aromatic heterocycles. The highest BCUT2D eigenvalue weighted by Crippen LogP contribution is 2.36. The highest BCUT2D eigenvalue weighted by molar-refractivity contribution is 7.91. The number of nitrogens with zero attached hydrogens (tertiary/aromatic N) is 1. The number of carbonyl (C=O) groups excluding carboxylic acids is 1. The minimum atomic E-state index is -3.94. The van der Waals surface area contributed by atoms with E-state index in [1.54, 1.807) is 25.1 Å². The minimum Gasteiger partial charge on any atom is -0.331 e. The first-order valence-corrected chi connectivity index (χ1v) is 13.5. The zero-order valence-corrected chi connectivity index (χ0v) is 21.1. The third kappa shape index (κ3) is 4.69. The van der Waals surface area contributed by atoms with Crippen molar-refractivity contribution in [2.24, 2.45) is 0 Å². The summed E-state index contributed by atoms with van der Waals surface area (Å²) in [6.07, 6.45) is 1.57. The fourth-order valence-corrected chi connectivity index (χ4v) is 5.82. The number of nitrogens with one attached hydrogen (secondary N) is 2. The van der Waals surface area contributed by atoms with Crippen LogP contribution in [-0.4, -0.2) is 29.1 Å². The van der Waals surface area contributed by atoms with Gasteiger partial charge in [-0.15, -0.1) is 0 Å². The Balaban J connectivity index is 1.83. The molecule has 2 heterocycles. The number of benzene rings is 2. The second-order valence-electron chi connectivity index (χ2n) is 9.31. The van der Waals surface area contributed by atoms with Crippen molar-refractivity contribution in [2.45, 2.75) is 44.9 Å². The molecular weight excluding hydrogens is 500 g/mol. The number of sulfonamides is 1. The van der Waals surface area contributed by atoms with Crippen molar-refractivity contribution in [2.75, 3.05) is 0 Å². The van der Waals surface area contributed by atoms with Crippen molar-refractivity contribution in [1.82, 2.24) is 14.3 Å². The van der Waals surface area contributed by atoms with Crippen LogP contribution < -0.4 is 10.3 Å². The monoisotopic (exact) mass is 525 g/mol. The summed E-state index contributed by atoms with van der Waals surface area (Å²) in [5.74, 6) is -2.27. The molecule has 0 atom stereocenters. The summed E-state index contributed by atoms with van der Waals surface area (Å²) in [5.41, 5.74) is 1.79. The number of hydrogen-bond acceptors (Lipinski definition) is 4. The predicted octanol–water partition coefficient (Wildman–Crippen LogP) is 4.42. The SMILES string of the molecule is CCc1ccc2c(c1)c(-c1ccc(C)[nH]c1=O)c(C(=O)NS(=O)(=O)C1CC1)n2Cc1cc(F)ccc1F. The van der Waals surface area contributed by atoms with Crippen LogP contribution in [0.3, 0.4) is 0 Å². The Kier molecular flexibility index (Phi) is 6.23. The summed E-state index contributed by atoms with van der Waals surface area (Å²) in [6, 6.07) is 11.7. The van der Waals surface area contributed by atoms with Crippen LogP contribution in [0.2, 0.25) is 0 Å². The molecule has 2 N–H and O–H groups in total. The van der Waals surface area contributed by atoms with Gasteiger partial charge in [-0.25, -0.2) is 21.9 Å². The van der Waals surface area contributed by atoms with E-state index in [4.69, 9.17) is 0 Å². The lowest BCUT2D eigenvalue weighted by molar-refractivity contribution is 0.0974. The number of carbonyl (C=O) groups is 1. The molecule has 0 saturated heterocycles. The number of halogens is 2. The maximum absolute atomic E-state index is 14.7. The summed E-state index contributed by atoms with van der Waals surface area (Å²) in [4.78, 5) is 29.4. The van der Waals surface area contributed by atoms with Crippen molar-refractivity contribution in [3.8, 4) is 11.1 Å². The van der Waals surface area contributed by atoms with E-state index in [0.717, 1.165) is 23.8 Å². The summed E-state index contributed by atoms with van der Waals surface area (Å²) < 4.78 is 57.7. The van der Waals surface area contributed by atoms with E-state index in [-0.39, 0.29) is 28.9 Å². The smallest absolute Gasteiger partial charge is 0.282 e. The highest BCUT2D eigenvalue weighted by atomic mass is 32.2. The molecule has 4 aromatic rings. The van der Waals surface area contributed by atoms with Gasteiger partial charge >= 0.3 is 0 Å². The first-order chi connectivity index (χ1) is 17.6. The highest BCUT2D eigenvalue weighted by Gasteiger charge is 2.38. The number of rotatable bonds is 7. The summed E-state index contributed by atoms with van der Waals surface area (Å²) in [7, 11) is -3.94. The summed E-state index contributed by atoms with van der Waals surface area (Å²) in [6.45, 7) is 3.40. The number of H-pyrrole nitrogens is 1. The molecule has 7 nitrogen and oxygen atoms in total. The number of amides is 1. The molecule has 10 heteroatoms. The molecule has 5 rings (SSSR count). The third-order valence-electron chi connectivity index (χ3n) is 6.61. The maximum atomic E-state index is 14.7. The number of aryl methyl sites for hydroxylation is 2. The maximum Gasteiger partial charge on any atom is 0.282 e. The van der Waals surface area contributed by atoms with Crippen molar-refractivity contribution in [1.29, 1.82) is 0 Å². The fourth-order valence-electron chi connectivity index (χ4n) is 4.54. The summed E-state index contributed by atoms with van der Waals surface area (Å²) in [5, 5.41) is -0.132. The Morgan fingerprint density at radius 3 is 2.54 bits per heavy atom. The second kappa shape index (κ2) is 9.26. The molecule has 1 amide bonds. The molecule has 1 fully saturated rings. The molecule has 37 heavy (non-hydrogen) atoms. The molecule has 0 radical (unpaired) electrons. The van der Waals surface area contributed by atoms with Crippen molar-refractivity contribution in [3.05, 3.63) is 93.0 Å². The number of fused-ring (bicyclic) bond motifs is 1. The van der Waals surface area contributed by atoms with Gasteiger partial charge in [-0.05, 0) is 74.2 Å². The van der Waals surface area contributed by atoms with Crippen LogP contribution in [-0.2, 0) is 23.0 Å². The van der Waals surface area contributed by atoms with Crippen LogP contribution in [0.5, 0.6) is 0 Å². The Hall–Kier alpha value is -3.79. The van der Waals surface area contributed by atoms with Crippen LogP contribution in [0.1, 0.15) is 47.1 Å². The molecule has 192 valence electrons. The van der Waals surface area contributed by atoms with Gasteiger partial charge in [-0.1, -0.05) is 13.0 Å². The van der Waals surface area contributed by atoms with Gasteiger partial charge in [0, 0.05) is 33.3 Å². The molecule has 0 spiro atoms. The fraction of sp³-hybridized carbons (Fsp3) is 0.259. The van der Waals surface area contributed by atoms with Gasteiger partial charge in [0.1, 0.15) is 17.3 Å². The van der Waals surface area contributed by atoms with Gasteiger partial charge in [-0.2, -0.15) is 0 Å². The molecule has 0 bridgehead atoms. The number of pyridine rings is 1. The van der Waals surface area contributed by atoms with Crippen molar-refractivity contribution < 1.29 is 22.0 Å². The number of aromatic nitrogens is 2. The Labute approximate surface area is 212 Å². The molecule has 2 aromatic carbocycles. The van der Waals surface area contributed by atoms with Crippen LogP contribution in [0.15, 0.2) is 53.3 Å². The number of hydrogen-bond donors (Lipinski definition) is 2. The first-order valence-electron chi connectivity index (χ1n) is 11.9. The van der Waals surface area contributed by atoms with E-state index >= 15 is 0 Å². The zero-order chi connectivity index (χ0) is 26.5. The van der Waals surface area contributed by atoms with E-state index in [1.807, 2.05) is 19.1 Å². The van der Waals surface area contributed by atoms with E-state index < -0.39 is 38.4 Å². The van der Waals surface area contributed by atoms with Crippen molar-refractivity contribution in [3.63, 3.8) is 0 Å². The summed E-state index contributed by atoms with van der Waals surface area (Å²) >= 11 is 0. The van der Waals surface area contributed by atoms with Gasteiger partial charge in [-0.3, -0.25) is 9.59 Å². The molecule has 1 aliphatic rings. The predicted molar refractivity (Wildman–Crippen MR) is 137 cm³/mol. The minimum absolute atomic E-state index is 0.0278. The van der Waals surface area contributed by atoms with Gasteiger partial charge in [0.25, 0.3) is 11.5 Å². The third-order valence-corrected chi connectivity index (χ3v) is 8.43. The van der Waals surface area contributed by atoms with Crippen LogP contribution in [0.4, 0.5) is 8.78 Å². The molecule has 0 aliphatic heterocycles. The lowest BCUT2D eigenvalue weighted by Crippen LogP contribution is -2.35. The van der Waals surface area contributed by atoms with Gasteiger partial charge in [0.2, 0.25) is 10.0 Å². The average molecular weight is 526 g/mol. The first kappa shape index (κ1) is 24.9. The van der Waals surface area contributed by atoms with Crippen LogP contribution in [0.25, 0.3) is 22.0 Å². The lowest BCUT2D eigenvalue weighted by atomic mass is 10.0. The van der Waals surface area contributed by atoms with Gasteiger partial charge < -0.3 is 9.55 Å². The topological polar surface area (TPSA) is 101 Å². The molecule has 0 unspecified atom stereocenters. The Morgan fingerprint density at radius 2 is 1.86 bits per heavy atom. The second-order valence-corrected chi connectivity index (χ2v) is 11.3. The Morgan fingerprint density at radius 1 is 1.11 bits per heavy atom.